The summed E-state index contributed by atoms with van der Waals surface area (Å²) in [5.41, 5.74) is 2.52. The van der Waals surface area contributed by atoms with Gasteiger partial charge in [-0.1, -0.05) is 56.6 Å². The van der Waals surface area contributed by atoms with E-state index in [1.165, 1.54) is 12.1 Å². The maximum Gasteiger partial charge on any atom is 0.573 e. The lowest BCUT2D eigenvalue weighted by Crippen LogP contribution is -2.33. The first kappa shape index (κ1) is 26.9. The Balaban J connectivity index is 1.88. The highest BCUT2D eigenvalue weighted by Crippen LogP contribution is 2.31. The van der Waals surface area contributed by atoms with Gasteiger partial charge in [0.15, 0.2) is 0 Å². The number of aryl methyl sites for hydroxylation is 1. The second-order valence-electron chi connectivity index (χ2n) is 8.55. The van der Waals surface area contributed by atoms with Gasteiger partial charge >= 0.3 is 6.36 Å². The monoisotopic (exact) mass is 507 g/mol. The number of halogens is 4. The summed E-state index contributed by atoms with van der Waals surface area (Å²) < 4.78 is 47.7. The van der Waals surface area contributed by atoms with Crippen LogP contribution < -0.4 is 14.8 Å². The summed E-state index contributed by atoms with van der Waals surface area (Å²) in [4.78, 5) is 0. The summed E-state index contributed by atoms with van der Waals surface area (Å²) in [6.07, 6.45) is -4.58. The normalized spacial score (nSPS) is 13.5. The number of aliphatic hydroxyl groups excluding tert-OH is 1. The minimum Gasteiger partial charge on any atom is -0.457 e. The molecule has 0 saturated heterocycles. The Labute approximate surface area is 208 Å². The Morgan fingerprint density at radius 1 is 0.914 bits per heavy atom. The van der Waals surface area contributed by atoms with Crippen molar-refractivity contribution >= 4 is 11.6 Å². The SMILES string of the molecule is CCc1cc(Oc2cccc(C(NCC(O)C(C)C)c3ccc(OC(F)(F)F)cc3)c2)ccc1Cl. The lowest BCUT2D eigenvalue weighted by atomic mass is 9.97. The van der Waals surface area contributed by atoms with Gasteiger partial charge in [0.05, 0.1) is 12.1 Å². The van der Waals surface area contributed by atoms with Crippen molar-refractivity contribution in [1.82, 2.24) is 5.32 Å². The standard InChI is InChI=1S/C27H29ClF3NO3/c1-4-18-14-23(12-13-24(18)28)34-22-7-5-6-20(15-22)26(32-16-25(33)17(2)3)19-8-10-21(11-9-19)35-27(29,30)31/h5-15,17,25-26,32-33H,4,16H2,1-3H3. The molecule has 3 aromatic rings. The molecule has 188 valence electrons. The molecule has 2 unspecified atom stereocenters. The van der Waals surface area contributed by atoms with E-state index >= 15 is 0 Å². The van der Waals surface area contributed by atoms with E-state index in [2.05, 4.69) is 10.1 Å². The Morgan fingerprint density at radius 3 is 2.20 bits per heavy atom. The third kappa shape index (κ3) is 7.88. The van der Waals surface area contributed by atoms with Crippen LogP contribution in [0.3, 0.4) is 0 Å². The molecule has 3 rings (SSSR count). The van der Waals surface area contributed by atoms with Gasteiger partial charge in [-0.2, -0.15) is 0 Å². The van der Waals surface area contributed by atoms with E-state index < -0.39 is 18.5 Å². The third-order valence-electron chi connectivity index (χ3n) is 5.57. The lowest BCUT2D eigenvalue weighted by molar-refractivity contribution is -0.274. The molecule has 2 N–H and O–H groups in total. The van der Waals surface area contributed by atoms with Gasteiger partial charge < -0.3 is 19.9 Å². The van der Waals surface area contributed by atoms with E-state index in [1.54, 1.807) is 24.3 Å². The predicted octanol–water partition coefficient (Wildman–Crippen LogP) is 7.29. The summed E-state index contributed by atoms with van der Waals surface area (Å²) >= 11 is 6.21. The molecule has 0 aliphatic rings. The quantitative estimate of drug-likeness (QED) is 0.302. The van der Waals surface area contributed by atoms with Crippen LogP contribution in [0.25, 0.3) is 0 Å². The highest BCUT2D eigenvalue weighted by atomic mass is 35.5. The highest BCUT2D eigenvalue weighted by molar-refractivity contribution is 6.31. The summed E-state index contributed by atoms with van der Waals surface area (Å²) in [5.74, 6) is 0.990. The number of alkyl halides is 3. The molecular formula is C27H29ClF3NO3. The first-order chi connectivity index (χ1) is 16.6. The van der Waals surface area contributed by atoms with Gasteiger partial charge in [0, 0.05) is 11.6 Å². The Morgan fingerprint density at radius 2 is 1.57 bits per heavy atom. The van der Waals surface area contributed by atoms with E-state index in [0.29, 0.717) is 28.6 Å². The Kier molecular flexibility index (Phi) is 9.05. The average Bonchev–Trinajstić information content (AvgIpc) is 2.80. The number of aliphatic hydroxyl groups is 1. The van der Waals surface area contributed by atoms with Crippen LogP contribution in [0.1, 0.15) is 43.5 Å². The van der Waals surface area contributed by atoms with Crippen LogP contribution in [0.5, 0.6) is 17.2 Å². The number of benzene rings is 3. The predicted molar refractivity (Wildman–Crippen MR) is 131 cm³/mol. The van der Waals surface area contributed by atoms with E-state index in [9.17, 15) is 18.3 Å². The average molecular weight is 508 g/mol. The summed E-state index contributed by atoms with van der Waals surface area (Å²) in [6, 6.07) is 18.2. The molecular weight excluding hydrogens is 479 g/mol. The van der Waals surface area contributed by atoms with Gasteiger partial charge in [0.25, 0.3) is 0 Å². The maximum absolute atomic E-state index is 12.6. The number of rotatable bonds is 10. The zero-order valence-corrected chi connectivity index (χ0v) is 20.5. The van der Waals surface area contributed by atoms with Gasteiger partial charge in [-0.25, -0.2) is 0 Å². The zero-order valence-electron chi connectivity index (χ0n) is 19.8. The molecule has 0 amide bonds. The lowest BCUT2D eigenvalue weighted by Gasteiger charge is -2.24. The van der Waals surface area contributed by atoms with Crippen LogP contribution in [0.2, 0.25) is 5.02 Å². The number of ether oxygens (including phenoxy) is 2. The first-order valence-electron chi connectivity index (χ1n) is 11.4. The third-order valence-corrected chi connectivity index (χ3v) is 5.94. The number of nitrogens with one attached hydrogen (secondary N) is 1. The van der Waals surface area contributed by atoms with Crippen molar-refractivity contribution in [2.45, 2.75) is 45.7 Å². The van der Waals surface area contributed by atoms with Gasteiger partial charge in [-0.15, -0.1) is 13.2 Å². The molecule has 8 heteroatoms. The molecule has 0 radical (unpaired) electrons. The van der Waals surface area contributed by atoms with E-state index in [1.807, 2.05) is 51.1 Å². The molecule has 35 heavy (non-hydrogen) atoms. The fourth-order valence-corrected chi connectivity index (χ4v) is 3.79. The van der Waals surface area contributed by atoms with E-state index in [0.717, 1.165) is 17.5 Å². The molecule has 0 spiro atoms. The molecule has 0 saturated carbocycles. The second-order valence-corrected chi connectivity index (χ2v) is 8.96. The minimum atomic E-state index is -4.76. The Hall–Kier alpha value is -2.74. The van der Waals surface area contributed by atoms with Gasteiger partial charge in [-0.3, -0.25) is 0 Å². The molecule has 4 nitrogen and oxygen atoms in total. The summed E-state index contributed by atoms with van der Waals surface area (Å²) in [6.45, 7) is 6.13. The molecule has 0 aliphatic carbocycles. The summed E-state index contributed by atoms with van der Waals surface area (Å²) in [7, 11) is 0. The van der Waals surface area contributed by atoms with Crippen LogP contribution >= 0.6 is 11.6 Å². The number of hydrogen-bond acceptors (Lipinski definition) is 4. The second kappa shape index (κ2) is 11.8. The van der Waals surface area contributed by atoms with Crippen LogP contribution in [-0.2, 0) is 6.42 Å². The van der Waals surface area contributed by atoms with Crippen LogP contribution in [0.15, 0.2) is 66.7 Å². The van der Waals surface area contributed by atoms with Crippen molar-refractivity contribution in [2.24, 2.45) is 5.92 Å². The van der Waals surface area contributed by atoms with Gasteiger partial charge in [0.1, 0.15) is 17.2 Å². The van der Waals surface area contributed by atoms with Crippen molar-refractivity contribution < 1.29 is 27.8 Å². The van der Waals surface area contributed by atoms with Crippen molar-refractivity contribution in [1.29, 1.82) is 0 Å². The fraction of sp³-hybridized carbons (Fsp3) is 0.333. The van der Waals surface area contributed by atoms with E-state index in [-0.39, 0.29) is 11.7 Å². The smallest absolute Gasteiger partial charge is 0.457 e. The fourth-order valence-electron chi connectivity index (χ4n) is 3.54. The molecule has 3 aromatic carbocycles. The molecule has 0 heterocycles. The highest BCUT2D eigenvalue weighted by Gasteiger charge is 2.31. The van der Waals surface area contributed by atoms with Crippen LogP contribution in [0, 0.1) is 5.92 Å². The molecule has 2 atom stereocenters. The molecule has 0 aromatic heterocycles. The van der Waals surface area contributed by atoms with E-state index in [4.69, 9.17) is 16.3 Å². The summed E-state index contributed by atoms with van der Waals surface area (Å²) in [5, 5.41) is 14.3. The van der Waals surface area contributed by atoms with Crippen molar-refractivity contribution in [2.75, 3.05) is 6.54 Å². The number of hydrogen-bond donors (Lipinski definition) is 2. The van der Waals surface area contributed by atoms with Crippen LogP contribution in [0.4, 0.5) is 13.2 Å². The molecule has 0 aliphatic heterocycles. The van der Waals surface area contributed by atoms with Crippen molar-refractivity contribution in [3.05, 3.63) is 88.4 Å². The van der Waals surface area contributed by atoms with Crippen molar-refractivity contribution in [3.8, 4) is 17.2 Å². The van der Waals surface area contributed by atoms with Crippen LogP contribution in [-0.4, -0.2) is 24.1 Å². The molecule has 0 bridgehead atoms. The minimum absolute atomic E-state index is 0.0399. The topological polar surface area (TPSA) is 50.7 Å². The zero-order chi connectivity index (χ0) is 25.6. The van der Waals surface area contributed by atoms with Crippen molar-refractivity contribution in [3.63, 3.8) is 0 Å². The van der Waals surface area contributed by atoms with Gasteiger partial charge in [0.2, 0.25) is 0 Å². The first-order valence-corrected chi connectivity index (χ1v) is 11.8. The Bertz CT molecular complexity index is 1100. The largest absolute Gasteiger partial charge is 0.573 e. The maximum atomic E-state index is 12.6. The van der Waals surface area contributed by atoms with Gasteiger partial charge in [-0.05, 0) is 71.5 Å². The molecule has 0 fully saturated rings.